The Labute approximate surface area is 89.1 Å². The molecule has 1 saturated carbocycles. The molecule has 0 unspecified atom stereocenters. The maximum atomic E-state index is 10.2. The van der Waals surface area contributed by atoms with Gasteiger partial charge in [-0.15, -0.1) is 0 Å². The molecule has 0 aromatic carbocycles. The number of carbonyl (C=O) groups is 1. The zero-order valence-corrected chi connectivity index (χ0v) is 8.91. The predicted molar refractivity (Wildman–Crippen MR) is 56.9 cm³/mol. The van der Waals surface area contributed by atoms with Crippen molar-refractivity contribution in [1.29, 1.82) is 0 Å². The fraction of sp³-hybridized carbons (Fsp3) is 0.889. The summed E-state index contributed by atoms with van der Waals surface area (Å²) in [6.07, 6.45) is 1.37. The van der Waals surface area contributed by atoms with Gasteiger partial charge in [-0.05, 0) is 18.8 Å². The second-order valence-electron chi connectivity index (χ2n) is 4.29. The maximum Gasteiger partial charge on any atom is 0.404 e. The average molecular weight is 216 g/mol. The van der Waals surface area contributed by atoms with Crippen LogP contribution in [0, 0.1) is 5.92 Å². The van der Waals surface area contributed by atoms with E-state index in [2.05, 4.69) is 22.8 Å². The molecule has 2 N–H and O–H groups in total. The van der Waals surface area contributed by atoms with Crippen molar-refractivity contribution >= 4 is 18.7 Å². The Kier molecular flexibility index (Phi) is 2.88. The Morgan fingerprint density at radius 3 is 2.64 bits per heavy atom. The van der Waals surface area contributed by atoms with Gasteiger partial charge in [-0.2, -0.15) is 12.6 Å². The van der Waals surface area contributed by atoms with E-state index in [1.807, 2.05) is 0 Å². The highest BCUT2D eigenvalue weighted by atomic mass is 32.1. The SMILES string of the molecule is O=C(O)NCC1CC(N2CC(S)C2)C1. The van der Waals surface area contributed by atoms with E-state index in [1.165, 1.54) is 0 Å². The number of nitrogens with zero attached hydrogens (tertiary/aromatic N) is 1. The molecular weight excluding hydrogens is 200 g/mol. The summed E-state index contributed by atoms with van der Waals surface area (Å²) in [6, 6.07) is 0.694. The van der Waals surface area contributed by atoms with Gasteiger partial charge < -0.3 is 10.4 Å². The van der Waals surface area contributed by atoms with Gasteiger partial charge in [0.05, 0.1) is 0 Å². The first-order valence-corrected chi connectivity index (χ1v) is 5.55. The lowest BCUT2D eigenvalue weighted by molar-refractivity contribution is 0.0369. The van der Waals surface area contributed by atoms with Crippen molar-refractivity contribution < 1.29 is 9.90 Å². The highest BCUT2D eigenvalue weighted by molar-refractivity contribution is 7.81. The van der Waals surface area contributed by atoms with Crippen LogP contribution in [-0.4, -0.2) is 47.0 Å². The Bertz CT molecular complexity index is 225. The summed E-state index contributed by atoms with van der Waals surface area (Å²) in [6.45, 7) is 2.82. The molecule has 1 aliphatic carbocycles. The molecule has 4 nitrogen and oxygen atoms in total. The smallest absolute Gasteiger partial charge is 0.404 e. The first-order chi connectivity index (χ1) is 6.65. The van der Waals surface area contributed by atoms with Gasteiger partial charge in [0.25, 0.3) is 0 Å². The van der Waals surface area contributed by atoms with Gasteiger partial charge in [0, 0.05) is 30.9 Å². The van der Waals surface area contributed by atoms with Gasteiger partial charge in [0.15, 0.2) is 0 Å². The molecule has 0 spiro atoms. The van der Waals surface area contributed by atoms with Gasteiger partial charge >= 0.3 is 6.09 Å². The van der Waals surface area contributed by atoms with Crippen LogP contribution in [0.1, 0.15) is 12.8 Å². The van der Waals surface area contributed by atoms with Gasteiger partial charge in [-0.3, -0.25) is 4.90 Å². The van der Waals surface area contributed by atoms with E-state index in [4.69, 9.17) is 5.11 Å². The lowest BCUT2D eigenvalue weighted by Crippen LogP contribution is -2.58. The molecule has 1 aliphatic heterocycles. The Balaban J connectivity index is 1.58. The minimum atomic E-state index is -0.909. The van der Waals surface area contributed by atoms with Crippen LogP contribution < -0.4 is 5.32 Å². The molecule has 80 valence electrons. The lowest BCUT2D eigenvalue weighted by atomic mass is 9.78. The van der Waals surface area contributed by atoms with E-state index in [0.29, 0.717) is 23.8 Å². The molecule has 0 aromatic heterocycles. The van der Waals surface area contributed by atoms with Crippen molar-refractivity contribution in [1.82, 2.24) is 10.2 Å². The normalized spacial score (nSPS) is 33.2. The molecule has 1 amide bonds. The molecule has 14 heavy (non-hydrogen) atoms. The predicted octanol–water partition coefficient (Wildman–Crippen LogP) is 0.647. The van der Waals surface area contributed by atoms with E-state index in [0.717, 1.165) is 25.9 Å². The van der Waals surface area contributed by atoms with Gasteiger partial charge in [-0.25, -0.2) is 4.79 Å². The Morgan fingerprint density at radius 2 is 2.14 bits per heavy atom. The van der Waals surface area contributed by atoms with Gasteiger partial charge in [0.1, 0.15) is 0 Å². The summed E-state index contributed by atoms with van der Waals surface area (Å²) < 4.78 is 0. The fourth-order valence-electron chi connectivity index (χ4n) is 2.18. The number of amides is 1. The highest BCUT2D eigenvalue weighted by Crippen LogP contribution is 2.34. The number of thiol groups is 1. The van der Waals surface area contributed by atoms with E-state index in [-0.39, 0.29) is 0 Å². The molecule has 0 aromatic rings. The zero-order chi connectivity index (χ0) is 10.1. The molecule has 1 heterocycles. The summed E-state index contributed by atoms with van der Waals surface area (Å²) in [5.74, 6) is 0.551. The first-order valence-electron chi connectivity index (χ1n) is 5.04. The first kappa shape index (κ1) is 10.1. The van der Waals surface area contributed by atoms with Crippen molar-refractivity contribution in [3.05, 3.63) is 0 Å². The molecule has 2 rings (SSSR count). The molecule has 2 fully saturated rings. The molecule has 0 bridgehead atoms. The fourth-order valence-corrected chi connectivity index (χ4v) is 2.60. The van der Waals surface area contributed by atoms with Crippen LogP contribution in [0.2, 0.25) is 0 Å². The number of nitrogens with one attached hydrogen (secondary N) is 1. The summed E-state index contributed by atoms with van der Waals surface area (Å²) >= 11 is 4.36. The van der Waals surface area contributed by atoms with Crippen LogP contribution >= 0.6 is 12.6 Å². The van der Waals surface area contributed by atoms with Crippen molar-refractivity contribution in [2.24, 2.45) is 5.92 Å². The molecule has 0 radical (unpaired) electrons. The Morgan fingerprint density at radius 1 is 1.50 bits per heavy atom. The topological polar surface area (TPSA) is 52.6 Å². The number of rotatable bonds is 3. The van der Waals surface area contributed by atoms with Gasteiger partial charge in [0.2, 0.25) is 0 Å². The van der Waals surface area contributed by atoms with Crippen molar-refractivity contribution in [3.63, 3.8) is 0 Å². The standard InChI is InChI=1S/C9H16N2O2S/c12-9(13)10-3-6-1-7(2-6)11-4-8(14)5-11/h6-8,10,14H,1-5H2,(H,12,13). The van der Waals surface area contributed by atoms with E-state index in [1.54, 1.807) is 0 Å². The number of hydrogen-bond donors (Lipinski definition) is 3. The largest absolute Gasteiger partial charge is 0.465 e. The molecular formula is C9H16N2O2S. The van der Waals surface area contributed by atoms with Crippen molar-refractivity contribution in [2.45, 2.75) is 24.1 Å². The lowest BCUT2D eigenvalue weighted by Gasteiger charge is -2.49. The monoisotopic (exact) mass is 216 g/mol. The third-order valence-corrected chi connectivity index (χ3v) is 3.49. The van der Waals surface area contributed by atoms with Crippen LogP contribution in [-0.2, 0) is 0 Å². The summed E-state index contributed by atoms with van der Waals surface area (Å²) in [5, 5.41) is 11.4. The average Bonchev–Trinajstić information content (AvgIpc) is 1.97. The van der Waals surface area contributed by atoms with Crippen LogP contribution in [0.5, 0.6) is 0 Å². The van der Waals surface area contributed by atoms with Crippen molar-refractivity contribution in [2.75, 3.05) is 19.6 Å². The molecule has 2 aliphatic rings. The third kappa shape index (κ3) is 2.15. The summed E-state index contributed by atoms with van der Waals surface area (Å²) in [4.78, 5) is 12.7. The second kappa shape index (κ2) is 3.98. The number of likely N-dealkylation sites (tertiary alicyclic amines) is 1. The summed E-state index contributed by atoms with van der Waals surface area (Å²) in [7, 11) is 0. The van der Waals surface area contributed by atoms with Crippen LogP contribution in [0.15, 0.2) is 0 Å². The van der Waals surface area contributed by atoms with E-state index in [9.17, 15) is 4.79 Å². The number of hydrogen-bond acceptors (Lipinski definition) is 3. The maximum absolute atomic E-state index is 10.2. The van der Waals surface area contributed by atoms with Crippen LogP contribution in [0.4, 0.5) is 4.79 Å². The van der Waals surface area contributed by atoms with Crippen LogP contribution in [0.25, 0.3) is 0 Å². The van der Waals surface area contributed by atoms with E-state index < -0.39 is 6.09 Å². The zero-order valence-electron chi connectivity index (χ0n) is 8.02. The minimum absolute atomic E-state index is 0.551. The number of carboxylic acid groups (broad SMARTS) is 1. The molecule has 0 atom stereocenters. The quantitative estimate of drug-likeness (QED) is 0.607. The van der Waals surface area contributed by atoms with E-state index >= 15 is 0 Å². The molecule has 5 heteroatoms. The second-order valence-corrected chi connectivity index (χ2v) is 5.02. The minimum Gasteiger partial charge on any atom is -0.465 e. The molecule has 1 saturated heterocycles. The Hall–Kier alpha value is -0.420. The highest BCUT2D eigenvalue weighted by Gasteiger charge is 2.38. The van der Waals surface area contributed by atoms with Crippen molar-refractivity contribution in [3.8, 4) is 0 Å². The third-order valence-electron chi connectivity index (χ3n) is 3.16. The summed E-state index contributed by atoms with van der Waals surface area (Å²) in [5.41, 5.74) is 0. The van der Waals surface area contributed by atoms with Crippen LogP contribution in [0.3, 0.4) is 0 Å². The van der Waals surface area contributed by atoms with Gasteiger partial charge in [-0.1, -0.05) is 0 Å².